The van der Waals surface area contributed by atoms with Crippen LogP contribution in [0, 0.1) is 16.0 Å². The molecule has 1 heterocycles. The van der Waals surface area contributed by atoms with Crippen LogP contribution in [0.4, 0.5) is 17.3 Å². The van der Waals surface area contributed by atoms with Crippen molar-refractivity contribution < 1.29 is 10.0 Å². The monoisotopic (exact) mass is 294 g/mol. The van der Waals surface area contributed by atoms with E-state index in [9.17, 15) is 15.2 Å². The lowest BCUT2D eigenvalue weighted by Crippen LogP contribution is -2.41. The summed E-state index contributed by atoms with van der Waals surface area (Å²) in [6.07, 6.45) is 3.64. The number of nitrogens with one attached hydrogen (secondary N) is 2. The van der Waals surface area contributed by atoms with E-state index in [1.807, 2.05) is 0 Å². The average molecular weight is 294 g/mol. The highest BCUT2D eigenvalue weighted by Crippen LogP contribution is 2.32. The second kappa shape index (κ2) is 6.26. The minimum atomic E-state index is -0.760. The lowest BCUT2D eigenvalue weighted by Gasteiger charge is -2.35. The van der Waals surface area contributed by atoms with Crippen LogP contribution in [-0.4, -0.2) is 34.2 Å². The SMILES string of the molecule is CNc1cc([N+](=O)[O-])cc(NCC2(O)CCCC(C)C2)n1. The molecular weight excluding hydrogens is 272 g/mol. The van der Waals surface area contributed by atoms with E-state index in [1.165, 1.54) is 12.1 Å². The van der Waals surface area contributed by atoms with Gasteiger partial charge in [0.25, 0.3) is 5.69 Å². The van der Waals surface area contributed by atoms with Crippen molar-refractivity contribution in [2.75, 3.05) is 24.2 Å². The number of hydrogen-bond acceptors (Lipinski definition) is 6. The smallest absolute Gasteiger partial charge is 0.276 e. The Kier molecular flexibility index (Phi) is 4.62. The summed E-state index contributed by atoms with van der Waals surface area (Å²) in [4.78, 5) is 14.7. The van der Waals surface area contributed by atoms with Crippen molar-refractivity contribution in [3.05, 3.63) is 22.2 Å². The zero-order chi connectivity index (χ0) is 15.5. The quantitative estimate of drug-likeness (QED) is 0.569. The molecule has 7 nitrogen and oxygen atoms in total. The molecule has 2 unspecified atom stereocenters. The number of aliphatic hydroxyl groups is 1. The van der Waals surface area contributed by atoms with Crippen LogP contribution in [0.5, 0.6) is 0 Å². The first kappa shape index (κ1) is 15.5. The Morgan fingerprint density at radius 2 is 2.24 bits per heavy atom. The van der Waals surface area contributed by atoms with Gasteiger partial charge in [0.2, 0.25) is 0 Å². The van der Waals surface area contributed by atoms with Gasteiger partial charge in [0, 0.05) is 13.6 Å². The summed E-state index contributed by atoms with van der Waals surface area (Å²) in [5, 5.41) is 27.3. The van der Waals surface area contributed by atoms with E-state index in [2.05, 4.69) is 22.5 Å². The lowest BCUT2D eigenvalue weighted by molar-refractivity contribution is -0.384. The first-order chi connectivity index (χ1) is 9.92. The maximum Gasteiger partial charge on any atom is 0.276 e. The van der Waals surface area contributed by atoms with Gasteiger partial charge < -0.3 is 15.7 Å². The molecule has 0 amide bonds. The van der Waals surface area contributed by atoms with Gasteiger partial charge in [0.05, 0.1) is 22.7 Å². The fourth-order valence-corrected chi connectivity index (χ4v) is 2.89. The lowest BCUT2D eigenvalue weighted by atomic mass is 9.79. The molecule has 1 aliphatic rings. The largest absolute Gasteiger partial charge is 0.388 e. The molecule has 1 aromatic heterocycles. The molecule has 0 radical (unpaired) electrons. The van der Waals surface area contributed by atoms with Crippen molar-refractivity contribution in [3.63, 3.8) is 0 Å². The van der Waals surface area contributed by atoms with Crippen LogP contribution in [0.2, 0.25) is 0 Å². The molecular formula is C14H22N4O3. The maximum absolute atomic E-state index is 10.9. The second-order valence-electron chi connectivity index (χ2n) is 5.88. The Balaban J connectivity index is 2.08. The summed E-state index contributed by atoms with van der Waals surface area (Å²) in [5.74, 6) is 1.33. The topological polar surface area (TPSA) is 100 Å². The molecule has 0 spiro atoms. The van der Waals surface area contributed by atoms with Crippen molar-refractivity contribution in [3.8, 4) is 0 Å². The van der Waals surface area contributed by atoms with Crippen molar-refractivity contribution in [1.29, 1.82) is 0 Å². The van der Waals surface area contributed by atoms with E-state index in [0.717, 1.165) is 25.7 Å². The fraction of sp³-hybridized carbons (Fsp3) is 0.643. The van der Waals surface area contributed by atoms with E-state index in [4.69, 9.17) is 0 Å². The Morgan fingerprint density at radius 1 is 1.52 bits per heavy atom. The van der Waals surface area contributed by atoms with Gasteiger partial charge in [0.15, 0.2) is 0 Å². The minimum absolute atomic E-state index is 0.0270. The van der Waals surface area contributed by atoms with E-state index >= 15 is 0 Å². The molecule has 2 atom stereocenters. The van der Waals surface area contributed by atoms with Crippen LogP contribution in [0.1, 0.15) is 32.6 Å². The van der Waals surface area contributed by atoms with Gasteiger partial charge in [-0.3, -0.25) is 10.1 Å². The molecule has 0 saturated heterocycles. The number of rotatable bonds is 5. The molecule has 1 fully saturated rings. The second-order valence-corrected chi connectivity index (χ2v) is 5.88. The highest BCUT2D eigenvalue weighted by molar-refractivity contribution is 5.54. The summed E-state index contributed by atoms with van der Waals surface area (Å²) in [6, 6.07) is 2.76. The van der Waals surface area contributed by atoms with Crippen LogP contribution < -0.4 is 10.6 Å². The van der Waals surface area contributed by atoms with Crippen molar-refractivity contribution in [2.24, 2.45) is 5.92 Å². The van der Waals surface area contributed by atoms with Crippen molar-refractivity contribution in [1.82, 2.24) is 4.98 Å². The van der Waals surface area contributed by atoms with Gasteiger partial charge in [-0.1, -0.05) is 19.8 Å². The van der Waals surface area contributed by atoms with E-state index in [1.54, 1.807) is 7.05 Å². The third-order valence-electron chi connectivity index (χ3n) is 3.94. The maximum atomic E-state index is 10.9. The van der Waals surface area contributed by atoms with Crippen LogP contribution >= 0.6 is 0 Å². The van der Waals surface area contributed by atoms with Gasteiger partial charge in [-0.05, 0) is 18.8 Å². The summed E-state index contributed by atoms with van der Waals surface area (Å²) in [6.45, 7) is 2.49. The predicted octanol–water partition coefficient (Wildman–Crippen LogP) is 2.38. The van der Waals surface area contributed by atoms with Gasteiger partial charge in [-0.15, -0.1) is 0 Å². The van der Waals surface area contributed by atoms with Crippen molar-refractivity contribution >= 4 is 17.3 Å². The number of nitrogens with zero attached hydrogens (tertiary/aromatic N) is 2. The fourth-order valence-electron chi connectivity index (χ4n) is 2.89. The zero-order valence-corrected chi connectivity index (χ0v) is 12.4. The summed E-state index contributed by atoms with van der Waals surface area (Å²) >= 11 is 0. The van der Waals surface area contributed by atoms with Crippen LogP contribution in [0.3, 0.4) is 0 Å². The van der Waals surface area contributed by atoms with Crippen molar-refractivity contribution in [2.45, 2.75) is 38.2 Å². The van der Waals surface area contributed by atoms with Gasteiger partial charge in [0.1, 0.15) is 11.6 Å². The first-order valence-electron chi connectivity index (χ1n) is 7.22. The number of pyridine rings is 1. The molecule has 2 rings (SSSR count). The van der Waals surface area contributed by atoms with E-state index in [0.29, 0.717) is 24.1 Å². The van der Waals surface area contributed by atoms with Crippen LogP contribution in [-0.2, 0) is 0 Å². The van der Waals surface area contributed by atoms with Gasteiger partial charge >= 0.3 is 0 Å². The predicted molar refractivity (Wildman–Crippen MR) is 81.5 cm³/mol. The Morgan fingerprint density at radius 3 is 2.86 bits per heavy atom. The number of anilines is 2. The normalized spacial score (nSPS) is 25.4. The highest BCUT2D eigenvalue weighted by atomic mass is 16.6. The molecule has 116 valence electrons. The molecule has 1 aliphatic carbocycles. The molecule has 21 heavy (non-hydrogen) atoms. The molecule has 0 aliphatic heterocycles. The Hall–Kier alpha value is -1.89. The Bertz CT molecular complexity index is 523. The third-order valence-corrected chi connectivity index (χ3v) is 3.94. The standard InChI is InChI=1S/C14H22N4O3/c1-10-4-3-5-14(19,8-10)9-16-13-7-11(18(20)21)6-12(15-2)17-13/h6-7,10,19H,3-5,8-9H2,1-2H3,(H2,15,16,17). The molecule has 1 saturated carbocycles. The Labute approximate surface area is 123 Å². The highest BCUT2D eigenvalue weighted by Gasteiger charge is 2.32. The third kappa shape index (κ3) is 4.04. The van der Waals surface area contributed by atoms with Gasteiger partial charge in [-0.25, -0.2) is 4.98 Å². The first-order valence-corrected chi connectivity index (χ1v) is 7.22. The summed E-state index contributed by atoms with van der Waals surface area (Å²) < 4.78 is 0. The summed E-state index contributed by atoms with van der Waals surface area (Å²) in [5.41, 5.74) is -0.787. The van der Waals surface area contributed by atoms with Crippen LogP contribution in [0.15, 0.2) is 12.1 Å². The molecule has 3 N–H and O–H groups in total. The van der Waals surface area contributed by atoms with E-state index < -0.39 is 10.5 Å². The summed E-state index contributed by atoms with van der Waals surface area (Å²) in [7, 11) is 1.66. The number of hydrogen-bond donors (Lipinski definition) is 3. The van der Waals surface area contributed by atoms with E-state index in [-0.39, 0.29) is 5.69 Å². The molecule has 1 aromatic rings. The minimum Gasteiger partial charge on any atom is -0.388 e. The van der Waals surface area contributed by atoms with Crippen LogP contribution in [0.25, 0.3) is 0 Å². The average Bonchev–Trinajstić information content (AvgIpc) is 2.44. The van der Waals surface area contributed by atoms with Gasteiger partial charge in [-0.2, -0.15) is 0 Å². The zero-order valence-electron chi connectivity index (χ0n) is 12.4. The number of aromatic nitrogens is 1. The molecule has 0 bridgehead atoms. The number of nitro groups is 1. The molecule has 7 heteroatoms. The molecule has 0 aromatic carbocycles.